The number of benzene rings is 1. The zero-order valence-electron chi connectivity index (χ0n) is 12.6. The van der Waals surface area contributed by atoms with E-state index < -0.39 is 11.9 Å². The topological polar surface area (TPSA) is 103 Å². The molecular weight excluding hydrogens is 312 g/mol. The SMILES string of the molecule is O=C(O)C1=CC(c2noc(C(=O)OCc3ccccc3)n2)CC=C1. The van der Waals surface area contributed by atoms with E-state index in [4.69, 9.17) is 14.4 Å². The number of aromatic nitrogens is 2. The van der Waals surface area contributed by atoms with Gasteiger partial charge in [-0.15, -0.1) is 0 Å². The molecular formula is C17H14N2O5. The molecule has 7 heteroatoms. The van der Waals surface area contributed by atoms with Crippen LogP contribution in [-0.4, -0.2) is 27.2 Å². The van der Waals surface area contributed by atoms with Crippen molar-refractivity contribution < 1.29 is 24.0 Å². The fourth-order valence-corrected chi connectivity index (χ4v) is 2.26. The Labute approximate surface area is 137 Å². The van der Waals surface area contributed by atoms with Gasteiger partial charge in [-0.05, 0) is 12.0 Å². The lowest BCUT2D eigenvalue weighted by Crippen LogP contribution is -2.08. The van der Waals surface area contributed by atoms with Gasteiger partial charge in [0.1, 0.15) is 6.61 Å². The molecule has 0 spiro atoms. The molecule has 1 aliphatic carbocycles. The number of carboxylic acids is 1. The van der Waals surface area contributed by atoms with Crippen molar-refractivity contribution in [2.75, 3.05) is 0 Å². The van der Waals surface area contributed by atoms with Gasteiger partial charge in [-0.3, -0.25) is 0 Å². The molecule has 1 atom stereocenters. The molecule has 0 saturated carbocycles. The number of aliphatic carboxylic acids is 1. The number of allylic oxidation sites excluding steroid dienone is 2. The molecule has 1 aromatic carbocycles. The largest absolute Gasteiger partial charge is 0.478 e. The Morgan fingerprint density at radius 2 is 2.08 bits per heavy atom. The van der Waals surface area contributed by atoms with Crippen molar-refractivity contribution in [3.63, 3.8) is 0 Å². The molecule has 1 N–H and O–H groups in total. The van der Waals surface area contributed by atoms with Gasteiger partial charge in [0.15, 0.2) is 5.82 Å². The van der Waals surface area contributed by atoms with Crippen LogP contribution in [-0.2, 0) is 16.1 Å². The molecule has 1 heterocycles. The molecule has 0 amide bonds. The Balaban J connectivity index is 1.66. The monoisotopic (exact) mass is 326 g/mol. The van der Waals surface area contributed by atoms with Gasteiger partial charge in [0, 0.05) is 5.92 Å². The summed E-state index contributed by atoms with van der Waals surface area (Å²) < 4.78 is 10.0. The molecule has 0 fully saturated rings. The van der Waals surface area contributed by atoms with Gasteiger partial charge in [0.25, 0.3) is 0 Å². The summed E-state index contributed by atoms with van der Waals surface area (Å²) in [7, 11) is 0. The minimum atomic E-state index is -1.03. The Kier molecular flexibility index (Phi) is 4.51. The fraction of sp³-hybridized carbons (Fsp3) is 0.176. The predicted molar refractivity (Wildman–Crippen MR) is 82.1 cm³/mol. The van der Waals surface area contributed by atoms with Crippen LogP contribution in [0.1, 0.15) is 34.4 Å². The number of rotatable bonds is 5. The van der Waals surface area contributed by atoms with E-state index >= 15 is 0 Å². The zero-order valence-corrected chi connectivity index (χ0v) is 12.6. The van der Waals surface area contributed by atoms with E-state index in [1.807, 2.05) is 30.3 Å². The summed E-state index contributed by atoms with van der Waals surface area (Å²) in [5.74, 6) is -2.08. The van der Waals surface area contributed by atoms with Gasteiger partial charge >= 0.3 is 17.8 Å². The van der Waals surface area contributed by atoms with Crippen molar-refractivity contribution in [3.8, 4) is 0 Å². The average molecular weight is 326 g/mol. The van der Waals surface area contributed by atoms with Gasteiger partial charge in [-0.25, -0.2) is 9.59 Å². The molecule has 7 nitrogen and oxygen atoms in total. The van der Waals surface area contributed by atoms with Crippen molar-refractivity contribution >= 4 is 11.9 Å². The summed E-state index contributed by atoms with van der Waals surface area (Å²) in [6, 6.07) is 9.22. The van der Waals surface area contributed by atoms with E-state index in [0.717, 1.165) is 5.56 Å². The van der Waals surface area contributed by atoms with Crippen molar-refractivity contribution in [1.29, 1.82) is 0 Å². The van der Waals surface area contributed by atoms with Crippen LogP contribution in [0.5, 0.6) is 0 Å². The molecule has 0 aliphatic heterocycles. The first-order valence-corrected chi connectivity index (χ1v) is 7.30. The van der Waals surface area contributed by atoms with E-state index in [1.54, 1.807) is 6.08 Å². The number of carbonyl (C=O) groups excluding carboxylic acids is 1. The highest BCUT2D eigenvalue weighted by molar-refractivity contribution is 5.90. The first-order chi connectivity index (χ1) is 11.6. The van der Waals surface area contributed by atoms with E-state index in [-0.39, 0.29) is 29.8 Å². The lowest BCUT2D eigenvalue weighted by atomic mass is 9.96. The first kappa shape index (κ1) is 15.7. The molecule has 1 unspecified atom stereocenters. The number of ether oxygens (including phenoxy) is 1. The van der Waals surface area contributed by atoms with Crippen LogP contribution in [0.15, 0.2) is 58.7 Å². The van der Waals surface area contributed by atoms with Crippen molar-refractivity contribution in [3.05, 3.63) is 71.4 Å². The quantitative estimate of drug-likeness (QED) is 0.842. The molecule has 0 bridgehead atoms. The van der Waals surface area contributed by atoms with Gasteiger partial charge in [-0.1, -0.05) is 53.7 Å². The second-order valence-electron chi connectivity index (χ2n) is 5.19. The van der Waals surface area contributed by atoms with Gasteiger partial charge in [-0.2, -0.15) is 4.98 Å². The molecule has 3 rings (SSSR count). The summed E-state index contributed by atoms with van der Waals surface area (Å²) in [4.78, 5) is 27.0. The van der Waals surface area contributed by atoms with Crippen LogP contribution in [0.25, 0.3) is 0 Å². The maximum Gasteiger partial charge on any atom is 0.397 e. The number of carboxylic acid groups (broad SMARTS) is 1. The van der Waals surface area contributed by atoms with Crippen LogP contribution in [0.2, 0.25) is 0 Å². The maximum atomic E-state index is 11.9. The summed E-state index contributed by atoms with van der Waals surface area (Å²) in [5.41, 5.74) is 1.00. The molecule has 122 valence electrons. The van der Waals surface area contributed by atoms with E-state index in [9.17, 15) is 9.59 Å². The molecule has 0 radical (unpaired) electrons. The van der Waals surface area contributed by atoms with Gasteiger partial charge in [0.2, 0.25) is 0 Å². The Bertz CT molecular complexity index is 807. The minimum absolute atomic E-state index is 0.104. The number of hydrogen-bond donors (Lipinski definition) is 1. The number of esters is 1. The number of carbonyl (C=O) groups is 2. The Morgan fingerprint density at radius 1 is 1.29 bits per heavy atom. The van der Waals surface area contributed by atoms with Crippen LogP contribution >= 0.6 is 0 Å². The highest BCUT2D eigenvalue weighted by Gasteiger charge is 2.23. The minimum Gasteiger partial charge on any atom is -0.478 e. The Hall–Kier alpha value is -3.22. The number of hydrogen-bond acceptors (Lipinski definition) is 6. The van der Waals surface area contributed by atoms with E-state index in [1.165, 1.54) is 12.2 Å². The van der Waals surface area contributed by atoms with E-state index in [0.29, 0.717) is 6.42 Å². The maximum absolute atomic E-state index is 11.9. The van der Waals surface area contributed by atoms with Crippen LogP contribution in [0.4, 0.5) is 0 Å². The van der Waals surface area contributed by atoms with Crippen molar-refractivity contribution in [2.24, 2.45) is 0 Å². The highest BCUT2D eigenvalue weighted by Crippen LogP contribution is 2.25. The lowest BCUT2D eigenvalue weighted by Gasteiger charge is -2.10. The Morgan fingerprint density at radius 3 is 2.83 bits per heavy atom. The normalized spacial score (nSPS) is 16.5. The predicted octanol–water partition coefficient (Wildman–Crippen LogP) is 2.48. The van der Waals surface area contributed by atoms with Crippen molar-refractivity contribution in [1.82, 2.24) is 10.1 Å². The van der Waals surface area contributed by atoms with Gasteiger partial charge in [0.05, 0.1) is 5.57 Å². The zero-order chi connectivity index (χ0) is 16.9. The van der Waals surface area contributed by atoms with Crippen LogP contribution in [0, 0.1) is 0 Å². The van der Waals surface area contributed by atoms with Crippen LogP contribution in [0.3, 0.4) is 0 Å². The second kappa shape index (κ2) is 6.91. The first-order valence-electron chi connectivity index (χ1n) is 7.30. The summed E-state index contributed by atoms with van der Waals surface area (Å²) >= 11 is 0. The summed E-state index contributed by atoms with van der Waals surface area (Å²) in [5, 5.41) is 12.8. The molecule has 2 aromatic rings. The van der Waals surface area contributed by atoms with Crippen LogP contribution < -0.4 is 0 Å². The average Bonchev–Trinajstić information content (AvgIpc) is 3.11. The second-order valence-corrected chi connectivity index (χ2v) is 5.19. The third-order valence-electron chi connectivity index (χ3n) is 3.48. The van der Waals surface area contributed by atoms with E-state index in [2.05, 4.69) is 10.1 Å². The van der Waals surface area contributed by atoms with Gasteiger partial charge < -0.3 is 14.4 Å². The standard InChI is InChI=1S/C17H14N2O5/c20-16(21)13-8-4-7-12(9-13)14-18-15(24-19-14)17(22)23-10-11-5-2-1-3-6-11/h1-6,8-9,12H,7,10H2,(H,20,21). The molecule has 1 aromatic heterocycles. The third kappa shape index (κ3) is 3.57. The lowest BCUT2D eigenvalue weighted by molar-refractivity contribution is -0.132. The summed E-state index contributed by atoms with van der Waals surface area (Å²) in [6.07, 6.45) is 5.31. The summed E-state index contributed by atoms with van der Waals surface area (Å²) in [6.45, 7) is 0.104. The smallest absolute Gasteiger partial charge is 0.397 e. The fourth-order valence-electron chi connectivity index (χ4n) is 2.26. The molecule has 1 aliphatic rings. The highest BCUT2D eigenvalue weighted by atomic mass is 16.6. The number of nitrogens with zero attached hydrogens (tertiary/aromatic N) is 2. The third-order valence-corrected chi connectivity index (χ3v) is 3.48. The van der Waals surface area contributed by atoms with Crippen molar-refractivity contribution in [2.45, 2.75) is 18.9 Å². The molecule has 24 heavy (non-hydrogen) atoms. The molecule has 0 saturated heterocycles.